The van der Waals surface area contributed by atoms with E-state index in [1.54, 1.807) is 36.4 Å². The van der Waals surface area contributed by atoms with E-state index in [1.165, 1.54) is 64.8 Å². The van der Waals surface area contributed by atoms with Crippen LogP contribution < -0.4 is 49.7 Å². The zero-order chi connectivity index (χ0) is 56.6. The number of ether oxygens (including phenoxy) is 6. The molecular formula is C62H45N7O12. The summed E-state index contributed by atoms with van der Waals surface area (Å²) in [6.45, 7) is -1.24. The summed E-state index contributed by atoms with van der Waals surface area (Å²) < 4.78 is 35.7. The Morgan fingerprint density at radius 2 is 0.852 bits per heavy atom. The van der Waals surface area contributed by atoms with E-state index in [2.05, 4.69) is 54.9 Å². The first-order valence-corrected chi connectivity index (χ1v) is 24.7. The summed E-state index contributed by atoms with van der Waals surface area (Å²) in [6.07, 6.45) is 0. The highest BCUT2D eigenvalue weighted by Crippen LogP contribution is 2.48. The number of hydrogen-bond donors (Lipinski definition) is 4. The van der Waals surface area contributed by atoms with E-state index < -0.39 is 47.5 Å². The largest absolute Gasteiger partial charge is 0.497 e. The number of non-ortho nitro benzene ring substituents is 1. The molecular weight excluding hydrogens is 1030 g/mol. The molecule has 2 aromatic heterocycles. The summed E-state index contributed by atoms with van der Waals surface area (Å²) in [5.74, 6) is 12.2. The predicted octanol–water partition coefficient (Wildman–Crippen LogP) is 10.0. The van der Waals surface area contributed by atoms with Crippen LogP contribution in [0.15, 0.2) is 152 Å². The predicted molar refractivity (Wildman–Crippen MR) is 304 cm³/mol. The van der Waals surface area contributed by atoms with Gasteiger partial charge < -0.3 is 49.7 Å². The van der Waals surface area contributed by atoms with Crippen molar-refractivity contribution in [3.05, 3.63) is 195 Å². The van der Waals surface area contributed by atoms with Gasteiger partial charge in [-0.3, -0.25) is 29.3 Å². The summed E-state index contributed by atoms with van der Waals surface area (Å²) in [7, 11) is 6.13. The number of anilines is 4. The van der Waals surface area contributed by atoms with Crippen LogP contribution in [-0.2, 0) is 9.59 Å². The van der Waals surface area contributed by atoms with E-state index >= 15 is 0 Å². The third-order valence-corrected chi connectivity index (χ3v) is 12.5. The summed E-state index contributed by atoms with van der Waals surface area (Å²) in [5, 5.41) is 25.4. The monoisotopic (exact) mass is 1080 g/mol. The number of rotatable bonds is 5. The van der Waals surface area contributed by atoms with Gasteiger partial charge in [0.25, 0.3) is 29.3 Å². The Hall–Kier alpha value is -11.4. The van der Waals surface area contributed by atoms with Gasteiger partial charge in [0, 0.05) is 57.6 Å². The molecule has 9 aromatic rings. The molecule has 7 aromatic carbocycles. The van der Waals surface area contributed by atoms with Crippen molar-refractivity contribution in [1.82, 2.24) is 9.97 Å². The molecule has 19 heteroatoms. The highest BCUT2D eigenvalue weighted by molar-refractivity contribution is 6.12. The Labute approximate surface area is 462 Å². The van der Waals surface area contributed by atoms with Crippen molar-refractivity contribution in [3.63, 3.8) is 0 Å². The average molecular weight is 1080 g/mol. The number of benzene rings is 7. The van der Waals surface area contributed by atoms with Crippen molar-refractivity contribution in [2.45, 2.75) is 0 Å². The maximum absolute atomic E-state index is 14.2. The number of nitro benzene ring substituents is 1. The summed E-state index contributed by atoms with van der Waals surface area (Å²) in [5.41, 5.74) is 1.54. The number of hydrogen-bond acceptors (Lipinski definition) is 14. The van der Waals surface area contributed by atoms with Crippen LogP contribution in [0.4, 0.5) is 29.0 Å². The van der Waals surface area contributed by atoms with E-state index in [-0.39, 0.29) is 45.9 Å². The molecule has 0 saturated heterocycles. The molecule has 0 aliphatic carbocycles. The maximum Gasteiger partial charge on any atom is 0.271 e. The van der Waals surface area contributed by atoms with Crippen LogP contribution in [0.5, 0.6) is 34.5 Å². The van der Waals surface area contributed by atoms with Crippen molar-refractivity contribution in [3.8, 4) is 69.3 Å². The molecule has 19 nitrogen and oxygen atoms in total. The summed E-state index contributed by atoms with van der Waals surface area (Å²) in [6, 6.07) is 41.2. The molecule has 0 unspecified atom stereocenters. The Bertz CT molecular complexity index is 3880. The smallest absolute Gasteiger partial charge is 0.271 e. The number of amides is 4. The lowest BCUT2D eigenvalue weighted by Gasteiger charge is -2.22. The minimum Gasteiger partial charge on any atom is -0.497 e. The highest BCUT2D eigenvalue weighted by Gasteiger charge is 2.26. The van der Waals surface area contributed by atoms with Crippen LogP contribution in [-0.4, -0.2) is 80.2 Å². The number of nitro groups is 1. The number of methoxy groups -OCH3 is 4. The van der Waals surface area contributed by atoms with Crippen LogP contribution in [0.25, 0.3) is 32.7 Å². The topological polar surface area (TPSA) is 241 Å². The van der Waals surface area contributed by atoms with Crippen molar-refractivity contribution in [2.75, 3.05) is 62.9 Å². The zero-order valence-corrected chi connectivity index (χ0v) is 43.6. The Morgan fingerprint density at radius 3 is 1.23 bits per heavy atom. The minimum atomic E-state index is -0.852. The first-order valence-electron chi connectivity index (χ1n) is 24.7. The molecule has 81 heavy (non-hydrogen) atoms. The fourth-order valence-corrected chi connectivity index (χ4v) is 8.81. The van der Waals surface area contributed by atoms with Gasteiger partial charge >= 0.3 is 0 Å². The van der Waals surface area contributed by atoms with Crippen LogP contribution in [0, 0.1) is 33.8 Å². The van der Waals surface area contributed by atoms with Crippen molar-refractivity contribution in [2.24, 2.45) is 0 Å². The molecule has 1 aliphatic heterocycles. The Balaban J connectivity index is 1.19. The second-order valence-electron chi connectivity index (χ2n) is 17.8. The fraction of sp³-hybridized carbons (Fsp3) is 0.0968. The minimum absolute atomic E-state index is 0.00590. The second-order valence-corrected chi connectivity index (χ2v) is 17.8. The SMILES string of the molecule is COc1cc(C#Cc2cc3ccccc3c3c2OCC(=O)Nc2cccc(n2)NC(=O)c2cc(cc([N+](=O)[O-])c2)C(=O)Nc2cccc(n2)NC(=O)COc2c(C#Cc4cc(OC)cc(OC)c4)cc4ccccc4c2-3)cc(OC)c1. The third-order valence-electron chi connectivity index (χ3n) is 12.5. The molecule has 0 atom stereocenters. The lowest BCUT2D eigenvalue weighted by molar-refractivity contribution is -0.384. The van der Waals surface area contributed by atoms with Crippen LogP contribution in [0.2, 0.25) is 0 Å². The molecule has 0 saturated carbocycles. The highest BCUT2D eigenvalue weighted by atomic mass is 16.6. The van der Waals surface area contributed by atoms with Gasteiger partial charge in [-0.15, -0.1) is 0 Å². The van der Waals surface area contributed by atoms with Crippen molar-refractivity contribution >= 4 is 74.1 Å². The molecule has 4 N–H and O–H groups in total. The number of pyridine rings is 2. The molecule has 0 fully saturated rings. The van der Waals surface area contributed by atoms with Gasteiger partial charge in [-0.05, 0) is 88.3 Å². The Morgan fingerprint density at radius 1 is 0.469 bits per heavy atom. The quantitative estimate of drug-likeness (QED) is 0.0713. The average Bonchev–Trinajstić information content (AvgIpc) is 3.64. The van der Waals surface area contributed by atoms with Gasteiger partial charge in [0.05, 0.1) is 44.5 Å². The molecule has 0 spiro atoms. The zero-order valence-electron chi connectivity index (χ0n) is 43.6. The van der Waals surface area contributed by atoms with Gasteiger partial charge in [-0.2, -0.15) is 0 Å². The Kier molecular flexibility index (Phi) is 15.3. The number of carbonyl (C=O) groups is 4. The van der Waals surface area contributed by atoms with Gasteiger partial charge in [0.2, 0.25) is 0 Å². The lowest BCUT2D eigenvalue weighted by Crippen LogP contribution is -2.22. The normalized spacial score (nSPS) is 12.4. The summed E-state index contributed by atoms with van der Waals surface area (Å²) in [4.78, 5) is 76.0. The van der Waals surface area contributed by atoms with Gasteiger partial charge in [-0.25, -0.2) is 9.97 Å². The molecule has 10 rings (SSSR count). The standard InChI is InChI=1S/C62H45N7O12/c1-76-45-23-36(24-46(32-45)77-2)19-21-40-27-38-11-5-7-13-49(38)57-58-50-14-8-6-12-39(50)28-41(22-20-37-25-47(78-3)33-48(26-37)79-4)60(58)81-35-56(71)66-52-16-10-18-54(64-52)68-62(73)43-29-42(30-44(31-43)69(74)75)61(72)67-53-17-9-15-51(63-53)65-55(70)34-80-59(40)57/h5-18,23-33H,34-35H2,1-4H3,(H2,63,65,67,70,72)(H2,64,66,68,71,73). The van der Waals surface area contributed by atoms with Crippen molar-refractivity contribution in [1.29, 1.82) is 0 Å². The number of carbonyl (C=O) groups excluding carboxylic acids is 4. The number of nitrogens with zero attached hydrogens (tertiary/aromatic N) is 3. The van der Waals surface area contributed by atoms with E-state index in [0.29, 0.717) is 67.2 Å². The first kappa shape index (κ1) is 53.0. The number of aromatic nitrogens is 2. The van der Waals surface area contributed by atoms with Gasteiger partial charge in [0.15, 0.2) is 13.2 Å². The molecule has 6 bridgehead atoms. The second kappa shape index (κ2) is 23.4. The van der Waals surface area contributed by atoms with Gasteiger partial charge in [0.1, 0.15) is 57.8 Å². The van der Waals surface area contributed by atoms with Crippen LogP contribution in [0.1, 0.15) is 43.0 Å². The van der Waals surface area contributed by atoms with Crippen molar-refractivity contribution < 1.29 is 52.5 Å². The van der Waals surface area contributed by atoms with E-state index in [1.807, 2.05) is 60.7 Å². The molecule has 400 valence electrons. The third kappa shape index (κ3) is 12.1. The number of fused-ring (bicyclic) bond motifs is 13. The molecule has 3 heterocycles. The number of nitrogens with one attached hydrogen (secondary N) is 4. The van der Waals surface area contributed by atoms with Crippen LogP contribution in [0.3, 0.4) is 0 Å². The van der Waals surface area contributed by atoms with Gasteiger partial charge in [-0.1, -0.05) is 84.3 Å². The fourth-order valence-electron chi connectivity index (χ4n) is 8.81. The van der Waals surface area contributed by atoms with E-state index in [4.69, 9.17) is 28.4 Å². The lowest BCUT2D eigenvalue weighted by atomic mass is 9.88. The summed E-state index contributed by atoms with van der Waals surface area (Å²) >= 11 is 0. The maximum atomic E-state index is 14.2. The van der Waals surface area contributed by atoms with E-state index in [0.717, 1.165) is 29.0 Å². The molecule has 1 aliphatic rings. The first-order chi connectivity index (χ1) is 39.3. The molecule has 4 amide bonds. The van der Waals surface area contributed by atoms with E-state index in [9.17, 15) is 29.3 Å². The molecule has 0 radical (unpaired) electrons. The van der Waals surface area contributed by atoms with Crippen LogP contribution >= 0.6 is 0 Å².